The molecule has 5 heteroatoms. The van der Waals surface area contributed by atoms with E-state index in [1.54, 1.807) is 12.1 Å². The minimum absolute atomic E-state index is 0.488. The molecule has 0 unspecified atom stereocenters. The summed E-state index contributed by atoms with van der Waals surface area (Å²) in [6.45, 7) is 10.6. The number of hydrogen-bond donors (Lipinski definition) is 1. The zero-order valence-corrected chi connectivity index (χ0v) is 19.1. The zero-order valence-electron chi connectivity index (χ0n) is 19.1. The molecule has 4 rings (SSSR count). The fraction of sp³-hybridized carbons (Fsp3) is 0.296. The monoisotopic (exact) mass is 429 g/mol. The van der Waals surface area contributed by atoms with Crippen LogP contribution in [-0.2, 0) is 6.42 Å². The van der Waals surface area contributed by atoms with Crippen LogP contribution < -0.4 is 19.9 Å². The van der Waals surface area contributed by atoms with Crippen molar-refractivity contribution in [1.29, 1.82) is 0 Å². The number of nitrogens with one attached hydrogen (secondary N) is 1. The van der Waals surface area contributed by atoms with Crippen molar-refractivity contribution in [3.63, 3.8) is 0 Å². The van der Waals surface area contributed by atoms with Crippen molar-refractivity contribution in [3.8, 4) is 5.75 Å². The first-order valence-electron chi connectivity index (χ1n) is 11.3. The molecule has 166 valence electrons. The summed E-state index contributed by atoms with van der Waals surface area (Å²) in [5.41, 5.74) is 7.44. The molecule has 1 saturated heterocycles. The van der Waals surface area contributed by atoms with Crippen LogP contribution in [0.5, 0.6) is 5.75 Å². The van der Waals surface area contributed by atoms with Crippen molar-refractivity contribution in [2.45, 2.75) is 27.2 Å². The molecular weight excluding hydrogens is 398 g/mol. The number of piperazine rings is 1. The van der Waals surface area contributed by atoms with Gasteiger partial charge in [-0.05, 0) is 67.8 Å². The molecule has 0 aliphatic carbocycles. The minimum Gasteiger partial charge on any atom is -0.410 e. The Bertz CT molecular complexity index is 1060. The number of benzene rings is 3. The number of amides is 1. The second-order valence-electron chi connectivity index (χ2n) is 8.29. The van der Waals surface area contributed by atoms with Gasteiger partial charge in [-0.15, -0.1) is 0 Å². The highest BCUT2D eigenvalue weighted by Gasteiger charge is 2.21. The number of nitrogens with zero attached hydrogens (tertiary/aromatic N) is 2. The Kier molecular flexibility index (Phi) is 6.64. The number of carbonyl (C=O) groups excluding carboxylic acids is 1. The second-order valence-corrected chi connectivity index (χ2v) is 8.29. The van der Waals surface area contributed by atoms with Crippen LogP contribution in [-0.4, -0.2) is 32.3 Å². The Balaban J connectivity index is 1.35. The topological polar surface area (TPSA) is 44.8 Å². The highest BCUT2D eigenvalue weighted by molar-refractivity contribution is 5.86. The maximum absolute atomic E-state index is 12.1. The van der Waals surface area contributed by atoms with E-state index in [2.05, 4.69) is 60.2 Å². The van der Waals surface area contributed by atoms with Gasteiger partial charge in [-0.1, -0.05) is 42.8 Å². The minimum atomic E-state index is -0.488. The molecule has 1 fully saturated rings. The van der Waals surface area contributed by atoms with Crippen molar-refractivity contribution >= 4 is 23.2 Å². The van der Waals surface area contributed by atoms with Gasteiger partial charge in [0.05, 0.1) is 0 Å². The van der Waals surface area contributed by atoms with E-state index in [1.807, 2.05) is 30.3 Å². The van der Waals surface area contributed by atoms with Crippen LogP contribution in [0.1, 0.15) is 23.6 Å². The number of anilines is 3. The lowest BCUT2D eigenvalue weighted by atomic mass is 10.0. The average molecular weight is 430 g/mol. The third kappa shape index (κ3) is 5.05. The predicted molar refractivity (Wildman–Crippen MR) is 132 cm³/mol. The molecule has 0 bridgehead atoms. The van der Waals surface area contributed by atoms with Gasteiger partial charge in [0, 0.05) is 43.2 Å². The lowest BCUT2D eigenvalue weighted by Crippen LogP contribution is -2.47. The number of carbonyl (C=O) groups is 1. The van der Waals surface area contributed by atoms with Crippen molar-refractivity contribution in [1.82, 2.24) is 0 Å². The van der Waals surface area contributed by atoms with Crippen molar-refractivity contribution < 1.29 is 9.53 Å². The van der Waals surface area contributed by atoms with Crippen LogP contribution in [0.2, 0.25) is 0 Å². The number of hydrogen-bond acceptors (Lipinski definition) is 4. The molecule has 0 saturated carbocycles. The van der Waals surface area contributed by atoms with Crippen molar-refractivity contribution in [3.05, 3.63) is 83.4 Å². The fourth-order valence-corrected chi connectivity index (χ4v) is 4.45. The molecule has 1 heterocycles. The molecule has 3 aromatic carbocycles. The average Bonchev–Trinajstić information content (AvgIpc) is 2.80. The van der Waals surface area contributed by atoms with E-state index in [-0.39, 0.29) is 0 Å². The van der Waals surface area contributed by atoms with E-state index >= 15 is 0 Å². The fourth-order valence-electron chi connectivity index (χ4n) is 4.45. The summed E-state index contributed by atoms with van der Waals surface area (Å²) >= 11 is 0. The maximum Gasteiger partial charge on any atom is 0.417 e. The van der Waals surface area contributed by atoms with Gasteiger partial charge in [-0.2, -0.15) is 0 Å². The third-order valence-electron chi connectivity index (χ3n) is 5.93. The van der Waals surface area contributed by atoms with Crippen LogP contribution >= 0.6 is 0 Å². The summed E-state index contributed by atoms with van der Waals surface area (Å²) < 4.78 is 5.29. The Morgan fingerprint density at radius 2 is 1.56 bits per heavy atom. The normalized spacial score (nSPS) is 13.7. The first-order valence-corrected chi connectivity index (χ1v) is 11.3. The molecular formula is C27H31N3O2. The smallest absolute Gasteiger partial charge is 0.410 e. The standard InChI is InChI=1S/C27H31N3O2/c1-4-22-19-20(2)18-21(3)26(22)30-16-14-29(15-17-30)24-12-10-23(11-13-24)28-27(31)32-25-8-6-5-7-9-25/h5-13,18-19H,4,14-17H2,1-3H3,(H,28,31). The summed E-state index contributed by atoms with van der Waals surface area (Å²) in [6, 6.07) is 21.6. The summed E-state index contributed by atoms with van der Waals surface area (Å²) in [7, 11) is 0. The molecule has 1 amide bonds. The highest BCUT2D eigenvalue weighted by atomic mass is 16.6. The molecule has 0 radical (unpaired) electrons. The molecule has 3 aromatic rings. The number of aryl methyl sites for hydroxylation is 3. The van der Waals surface area contributed by atoms with Gasteiger partial charge in [0.1, 0.15) is 5.75 Å². The summed E-state index contributed by atoms with van der Waals surface area (Å²) in [5.74, 6) is 0.523. The third-order valence-corrected chi connectivity index (χ3v) is 5.93. The Hall–Kier alpha value is -3.47. The summed E-state index contributed by atoms with van der Waals surface area (Å²) in [6.07, 6.45) is 0.567. The Labute approximate surface area is 190 Å². The van der Waals surface area contributed by atoms with Gasteiger partial charge in [0.15, 0.2) is 0 Å². The molecule has 0 aromatic heterocycles. The van der Waals surface area contributed by atoms with Crippen molar-refractivity contribution in [2.75, 3.05) is 41.3 Å². The molecule has 1 aliphatic rings. The van der Waals surface area contributed by atoms with E-state index in [1.165, 1.54) is 28.1 Å². The molecule has 0 atom stereocenters. The van der Waals surface area contributed by atoms with Gasteiger partial charge in [-0.25, -0.2) is 4.79 Å². The molecule has 0 spiro atoms. The van der Waals surface area contributed by atoms with Crippen LogP contribution in [0.4, 0.5) is 21.9 Å². The summed E-state index contributed by atoms with van der Waals surface area (Å²) in [4.78, 5) is 17.0. The zero-order chi connectivity index (χ0) is 22.5. The lowest BCUT2D eigenvalue weighted by Gasteiger charge is -2.39. The van der Waals surface area contributed by atoms with Gasteiger partial charge < -0.3 is 14.5 Å². The lowest BCUT2D eigenvalue weighted by molar-refractivity contribution is 0.215. The Morgan fingerprint density at radius 3 is 2.22 bits per heavy atom. The van der Waals surface area contributed by atoms with Crippen LogP contribution in [0.15, 0.2) is 66.7 Å². The van der Waals surface area contributed by atoms with E-state index < -0.39 is 6.09 Å². The van der Waals surface area contributed by atoms with Crippen LogP contribution in [0, 0.1) is 13.8 Å². The van der Waals surface area contributed by atoms with E-state index in [9.17, 15) is 4.79 Å². The quantitative estimate of drug-likeness (QED) is 0.556. The highest BCUT2D eigenvalue weighted by Crippen LogP contribution is 2.29. The first-order chi connectivity index (χ1) is 15.5. The largest absolute Gasteiger partial charge is 0.417 e. The number of ether oxygens (including phenoxy) is 1. The van der Waals surface area contributed by atoms with E-state index in [4.69, 9.17) is 4.74 Å². The summed E-state index contributed by atoms with van der Waals surface area (Å²) in [5, 5.41) is 2.78. The van der Waals surface area contributed by atoms with Crippen LogP contribution in [0.25, 0.3) is 0 Å². The molecule has 1 N–H and O–H groups in total. The number of para-hydroxylation sites is 1. The number of rotatable bonds is 5. The van der Waals surface area contributed by atoms with E-state index in [0.29, 0.717) is 5.75 Å². The molecule has 5 nitrogen and oxygen atoms in total. The van der Waals surface area contributed by atoms with Gasteiger partial charge >= 0.3 is 6.09 Å². The second kappa shape index (κ2) is 9.77. The maximum atomic E-state index is 12.1. The predicted octanol–water partition coefficient (Wildman–Crippen LogP) is 5.80. The van der Waals surface area contributed by atoms with Gasteiger partial charge in [0.25, 0.3) is 0 Å². The first kappa shape index (κ1) is 21.8. The SMILES string of the molecule is CCc1cc(C)cc(C)c1N1CCN(c2ccc(NC(=O)Oc3ccccc3)cc2)CC1. The molecule has 1 aliphatic heterocycles. The molecule has 32 heavy (non-hydrogen) atoms. The van der Waals surface area contributed by atoms with Crippen molar-refractivity contribution in [2.24, 2.45) is 0 Å². The van der Waals surface area contributed by atoms with Crippen LogP contribution in [0.3, 0.4) is 0 Å². The van der Waals surface area contributed by atoms with Gasteiger partial charge in [0.2, 0.25) is 0 Å². The Morgan fingerprint density at radius 1 is 0.906 bits per heavy atom. The van der Waals surface area contributed by atoms with E-state index in [0.717, 1.165) is 38.3 Å². The van der Waals surface area contributed by atoms with Gasteiger partial charge in [-0.3, -0.25) is 5.32 Å².